The number of alkyl halides is 1. The van der Waals surface area contributed by atoms with Gasteiger partial charge in [0.15, 0.2) is 0 Å². The predicted octanol–water partition coefficient (Wildman–Crippen LogP) is 15.2. The van der Waals surface area contributed by atoms with Gasteiger partial charge in [-0.3, -0.25) is 0 Å². The number of halogens is 1. The number of rotatable bonds is 20. The number of hydrogen-bond acceptors (Lipinski definition) is 9. The molecule has 0 aliphatic rings. The van der Waals surface area contributed by atoms with Gasteiger partial charge in [0.2, 0.25) is 0 Å². The van der Waals surface area contributed by atoms with Crippen molar-refractivity contribution in [2.75, 3.05) is 78.6 Å². The summed E-state index contributed by atoms with van der Waals surface area (Å²) in [6, 6.07) is 0. The van der Waals surface area contributed by atoms with E-state index < -0.39 is 0 Å². The number of unbranched alkanes of at least 4 members (excludes halogenated alkanes) is 1. The molecule has 0 amide bonds. The predicted molar refractivity (Wildman–Crippen MR) is 287 cm³/mol. The molecule has 398 valence electrons. The lowest BCUT2D eigenvalue weighted by atomic mass is 10.2. The molecule has 0 aliphatic heterocycles. The fraction of sp³-hybridized carbons (Fsp3) is 0.927. The van der Waals surface area contributed by atoms with Gasteiger partial charge < -0.3 is 42.6 Å². The van der Waals surface area contributed by atoms with E-state index in [1.807, 2.05) is 90.0 Å². The molecule has 0 spiro atoms. The molecule has 0 radical (unpaired) electrons. The van der Waals surface area contributed by atoms with Crippen molar-refractivity contribution >= 4 is 11.6 Å². The van der Waals surface area contributed by atoms with Gasteiger partial charge in [-0.2, -0.15) is 0 Å². The summed E-state index contributed by atoms with van der Waals surface area (Å²) in [4.78, 5) is 0. The van der Waals surface area contributed by atoms with E-state index in [1.54, 1.807) is 0 Å². The average molecular weight is 958 g/mol. The maximum atomic E-state index is 5.49. The quantitative estimate of drug-likeness (QED) is 0.0673. The summed E-state index contributed by atoms with van der Waals surface area (Å²) in [6.45, 7) is 59.1. The summed E-state index contributed by atoms with van der Waals surface area (Å²) in [5, 5.41) is 0. The molecule has 0 rings (SSSR count). The molecule has 0 saturated heterocycles. The number of ether oxygens (including phenoxy) is 9. The van der Waals surface area contributed by atoms with Gasteiger partial charge in [-0.05, 0) is 178 Å². The standard InChI is InChI=1S/C11H24O3.C8H18O.C8H14O.C7H15ClO.C7H16O.C7H12O.C6H14O.CH4/c1-5-6-12-7-8-13-9-10-14-11(2,3)4;2*1-5-6-7-9-8(2,3)4;1-7(2,3)9-6-4-5-8;2*1-5-6-8-7(2,3)4;1-5-7-6(2,3)4;/h5-10H2,1-4H3;5-7H2,1-4H3;1H,6-7H2,2-4H3;4-6H2,1-3H3;5-6H2,1-4H3;1H,6H2,2-4H3;5H2,1-4H3;1H4. The molecule has 0 heterocycles. The highest BCUT2D eigenvalue weighted by Crippen LogP contribution is 2.10. The molecule has 65 heavy (non-hydrogen) atoms. The molecule has 9 nitrogen and oxygen atoms in total. The number of terminal acetylenes is 2. The first-order valence-electron chi connectivity index (χ1n) is 24.0. The van der Waals surface area contributed by atoms with Gasteiger partial charge in [0.1, 0.15) is 6.61 Å². The Hall–Kier alpha value is -0.950. The molecule has 0 aromatic carbocycles. The van der Waals surface area contributed by atoms with E-state index in [2.05, 4.69) is 94.9 Å². The molecular formula is C55H117ClO9. The largest absolute Gasteiger partial charge is 0.379 e. The van der Waals surface area contributed by atoms with Crippen LogP contribution in [-0.2, 0) is 42.6 Å². The van der Waals surface area contributed by atoms with Gasteiger partial charge in [0, 0.05) is 45.3 Å². The first-order chi connectivity index (χ1) is 28.9. The Morgan fingerprint density at radius 2 is 0.677 bits per heavy atom. The molecule has 10 heteroatoms. The summed E-state index contributed by atoms with van der Waals surface area (Å²) >= 11 is 5.45. The summed E-state index contributed by atoms with van der Waals surface area (Å²) in [5.41, 5.74) is -0.0583. The van der Waals surface area contributed by atoms with E-state index in [0.717, 1.165) is 52.3 Å². The molecule has 0 aliphatic carbocycles. The maximum Gasteiger partial charge on any atom is 0.108 e. The van der Waals surface area contributed by atoms with Gasteiger partial charge in [-0.25, -0.2) is 0 Å². The van der Waals surface area contributed by atoms with Crippen LogP contribution in [0.15, 0.2) is 0 Å². The lowest BCUT2D eigenvalue weighted by molar-refractivity contribution is -0.0424. The monoisotopic (exact) mass is 957 g/mol. The molecule has 0 fully saturated rings. The Bertz CT molecular complexity index is 966. The second kappa shape index (κ2) is 49.5. The smallest absolute Gasteiger partial charge is 0.108 e. The summed E-state index contributed by atoms with van der Waals surface area (Å²) in [6.07, 6.45) is 16.2. The molecule has 0 bridgehead atoms. The van der Waals surface area contributed by atoms with E-state index in [1.165, 1.54) is 12.8 Å². The van der Waals surface area contributed by atoms with Crippen LogP contribution in [0.5, 0.6) is 0 Å². The van der Waals surface area contributed by atoms with Gasteiger partial charge in [0.25, 0.3) is 0 Å². The van der Waals surface area contributed by atoms with Crippen LogP contribution in [0.2, 0.25) is 0 Å². The lowest BCUT2D eigenvalue weighted by Crippen LogP contribution is -2.22. The van der Waals surface area contributed by atoms with Crippen LogP contribution in [-0.4, -0.2) is 118 Å². The Balaban J connectivity index is -0.0000000981. The minimum absolute atomic E-state index is 0. The minimum atomic E-state index is -0.0909. The second-order valence-corrected chi connectivity index (χ2v) is 21.9. The van der Waals surface area contributed by atoms with Gasteiger partial charge in [-0.15, -0.1) is 30.4 Å². The van der Waals surface area contributed by atoms with Crippen molar-refractivity contribution in [2.45, 2.75) is 258 Å². The van der Waals surface area contributed by atoms with Crippen LogP contribution >= 0.6 is 11.6 Å². The highest BCUT2D eigenvalue weighted by Gasteiger charge is 2.11. The first-order valence-corrected chi connectivity index (χ1v) is 24.5. The van der Waals surface area contributed by atoms with Gasteiger partial charge in [0.05, 0.1) is 72.2 Å². The molecule has 0 aromatic rings. The van der Waals surface area contributed by atoms with E-state index in [0.29, 0.717) is 51.9 Å². The van der Waals surface area contributed by atoms with Crippen molar-refractivity contribution in [1.29, 1.82) is 0 Å². The van der Waals surface area contributed by atoms with Crippen molar-refractivity contribution in [3.8, 4) is 24.7 Å². The van der Waals surface area contributed by atoms with Crippen molar-refractivity contribution in [3.63, 3.8) is 0 Å². The summed E-state index contributed by atoms with van der Waals surface area (Å²) in [5.74, 6) is 5.61. The van der Waals surface area contributed by atoms with Crippen molar-refractivity contribution < 1.29 is 42.6 Å². The Labute approximate surface area is 414 Å². The molecule has 0 saturated carbocycles. The average Bonchev–Trinajstić information content (AvgIpc) is 3.10. The Kier molecular flexibility index (Phi) is 61.7. The van der Waals surface area contributed by atoms with E-state index in [-0.39, 0.29) is 46.6 Å². The van der Waals surface area contributed by atoms with Crippen molar-refractivity contribution in [3.05, 3.63) is 0 Å². The molecule has 0 atom stereocenters. The molecular weight excluding hydrogens is 840 g/mol. The van der Waals surface area contributed by atoms with Crippen LogP contribution in [0.3, 0.4) is 0 Å². The Morgan fingerprint density at radius 1 is 0.354 bits per heavy atom. The van der Waals surface area contributed by atoms with Crippen molar-refractivity contribution in [2.24, 2.45) is 0 Å². The third-order valence-electron chi connectivity index (χ3n) is 6.02. The van der Waals surface area contributed by atoms with Crippen LogP contribution in [0.25, 0.3) is 0 Å². The van der Waals surface area contributed by atoms with Crippen LogP contribution < -0.4 is 0 Å². The van der Waals surface area contributed by atoms with Crippen molar-refractivity contribution in [1.82, 2.24) is 0 Å². The second-order valence-electron chi connectivity index (χ2n) is 21.5. The summed E-state index contributed by atoms with van der Waals surface area (Å²) in [7, 11) is 0. The summed E-state index contributed by atoms with van der Waals surface area (Å²) < 4.78 is 48.0. The zero-order valence-electron chi connectivity index (χ0n) is 47.4. The molecule has 0 N–H and O–H groups in total. The van der Waals surface area contributed by atoms with Gasteiger partial charge in [-0.1, -0.05) is 40.5 Å². The van der Waals surface area contributed by atoms with E-state index in [4.69, 9.17) is 67.1 Å². The lowest BCUT2D eigenvalue weighted by Gasteiger charge is -2.19. The Morgan fingerprint density at radius 3 is 0.938 bits per heavy atom. The fourth-order valence-electron chi connectivity index (χ4n) is 3.34. The minimum Gasteiger partial charge on any atom is -0.379 e. The van der Waals surface area contributed by atoms with E-state index >= 15 is 0 Å². The first kappa shape index (κ1) is 81.0. The third kappa shape index (κ3) is 133. The number of hydrogen-bond donors (Lipinski definition) is 0. The topological polar surface area (TPSA) is 83.1 Å². The normalized spacial score (nSPS) is 11.5. The highest BCUT2D eigenvalue weighted by atomic mass is 35.5. The SMILES string of the molecule is C.C#CCCOC(C)(C)C.C#CCOC(C)(C)C.CC(C)(C)OCCCCl.CCCCOC(C)(C)C.CCCOC(C)(C)C.CCCOCCOCCOC(C)(C)C.CCOC(C)(C)C. The molecule has 0 unspecified atom stereocenters. The van der Waals surface area contributed by atoms with Gasteiger partial charge >= 0.3 is 0 Å². The maximum absolute atomic E-state index is 5.49. The van der Waals surface area contributed by atoms with Crippen LogP contribution in [0.1, 0.15) is 219 Å². The third-order valence-corrected chi connectivity index (χ3v) is 6.28. The highest BCUT2D eigenvalue weighted by molar-refractivity contribution is 6.17. The van der Waals surface area contributed by atoms with Crippen LogP contribution in [0.4, 0.5) is 0 Å². The zero-order valence-corrected chi connectivity index (χ0v) is 48.2. The van der Waals surface area contributed by atoms with Crippen LogP contribution in [0, 0.1) is 24.7 Å². The molecule has 0 aromatic heterocycles. The fourth-order valence-corrected chi connectivity index (χ4v) is 3.45. The van der Waals surface area contributed by atoms with E-state index in [9.17, 15) is 0 Å². The zero-order chi connectivity index (χ0) is 52.0.